The Kier molecular flexibility index (Phi) is 4.50. The van der Waals surface area contributed by atoms with Crippen molar-refractivity contribution >= 4 is 5.91 Å². The predicted octanol–water partition coefficient (Wildman–Crippen LogP) is 2.31. The van der Waals surface area contributed by atoms with E-state index in [0.717, 1.165) is 12.8 Å². The fourth-order valence-corrected chi connectivity index (χ4v) is 2.04. The van der Waals surface area contributed by atoms with Gasteiger partial charge in [0.2, 0.25) is 0 Å². The van der Waals surface area contributed by atoms with Crippen molar-refractivity contribution in [2.75, 3.05) is 0 Å². The Balaban J connectivity index is 1.88. The first-order valence-electron chi connectivity index (χ1n) is 6.59. The summed E-state index contributed by atoms with van der Waals surface area (Å²) in [5, 5.41) is 2.77. The van der Waals surface area contributed by atoms with Gasteiger partial charge in [-0.1, -0.05) is 0 Å². The molecule has 2 aromatic heterocycles. The Hall–Kier alpha value is -2.17. The number of aromatic nitrogens is 2. The molecule has 0 aliphatic heterocycles. The number of nitrogens with zero attached hydrogens (tertiary/aromatic N) is 2. The minimum absolute atomic E-state index is 0.0428. The van der Waals surface area contributed by atoms with E-state index in [9.17, 15) is 9.18 Å². The van der Waals surface area contributed by atoms with Crippen LogP contribution in [0.5, 0.6) is 0 Å². The van der Waals surface area contributed by atoms with Crippen molar-refractivity contribution in [3.63, 3.8) is 0 Å². The average Bonchev–Trinajstić information content (AvgIpc) is 2.82. The van der Waals surface area contributed by atoms with Crippen LogP contribution < -0.4 is 5.32 Å². The lowest BCUT2D eigenvalue weighted by Crippen LogP contribution is -2.34. The van der Waals surface area contributed by atoms with Crippen LogP contribution in [0.25, 0.3) is 0 Å². The molecule has 2 rings (SSSR count). The summed E-state index contributed by atoms with van der Waals surface area (Å²) in [6.07, 6.45) is 5.04. The third kappa shape index (κ3) is 3.44. The van der Waals surface area contributed by atoms with E-state index in [-0.39, 0.29) is 11.7 Å². The molecule has 1 atom stereocenters. The summed E-state index contributed by atoms with van der Waals surface area (Å²) in [6, 6.07) is 6.69. The van der Waals surface area contributed by atoms with Gasteiger partial charge in [0.05, 0.1) is 0 Å². The van der Waals surface area contributed by atoms with Gasteiger partial charge >= 0.3 is 0 Å². The second-order valence-corrected chi connectivity index (χ2v) is 4.86. The zero-order valence-electron chi connectivity index (χ0n) is 11.6. The molecule has 0 saturated carbocycles. The highest BCUT2D eigenvalue weighted by Gasteiger charge is 2.15. The van der Waals surface area contributed by atoms with Crippen molar-refractivity contribution in [1.82, 2.24) is 14.9 Å². The quantitative estimate of drug-likeness (QED) is 0.910. The van der Waals surface area contributed by atoms with Gasteiger partial charge in [-0.2, -0.15) is 0 Å². The van der Waals surface area contributed by atoms with E-state index in [1.807, 2.05) is 36.9 Å². The summed E-state index contributed by atoms with van der Waals surface area (Å²) in [4.78, 5) is 15.6. The molecular weight excluding hydrogens is 257 g/mol. The molecule has 1 N–H and O–H groups in total. The van der Waals surface area contributed by atoms with E-state index >= 15 is 0 Å². The summed E-state index contributed by atoms with van der Waals surface area (Å²) < 4.78 is 15.5. The Morgan fingerprint density at radius 1 is 1.45 bits per heavy atom. The minimum atomic E-state index is -0.598. The topological polar surface area (TPSA) is 46.9 Å². The molecule has 0 fully saturated rings. The molecule has 0 aliphatic rings. The molecule has 5 heteroatoms. The Bertz CT molecular complexity index is 594. The standard InChI is InChI=1S/C15H18FN3O/c1-11(7-8-12-5-4-10-19(12)2)18-15(20)14-13(16)6-3-9-17-14/h3-6,9-11H,7-8H2,1-2H3,(H,18,20). The molecule has 0 saturated heterocycles. The third-order valence-corrected chi connectivity index (χ3v) is 3.24. The molecule has 20 heavy (non-hydrogen) atoms. The molecule has 2 aromatic rings. The molecular formula is C15H18FN3O. The van der Waals surface area contributed by atoms with E-state index in [1.54, 1.807) is 0 Å². The number of hydrogen-bond acceptors (Lipinski definition) is 2. The van der Waals surface area contributed by atoms with Crippen LogP contribution in [0.15, 0.2) is 36.7 Å². The number of carbonyl (C=O) groups excluding carboxylic acids is 1. The lowest BCUT2D eigenvalue weighted by molar-refractivity contribution is 0.0929. The van der Waals surface area contributed by atoms with Gasteiger partial charge in [-0.15, -0.1) is 0 Å². The van der Waals surface area contributed by atoms with E-state index in [1.165, 1.54) is 24.0 Å². The van der Waals surface area contributed by atoms with E-state index in [4.69, 9.17) is 0 Å². The highest BCUT2D eigenvalue weighted by Crippen LogP contribution is 2.07. The molecule has 0 spiro atoms. The van der Waals surface area contributed by atoms with Crippen LogP contribution in [0.1, 0.15) is 29.5 Å². The number of halogens is 1. The first-order chi connectivity index (χ1) is 9.58. The van der Waals surface area contributed by atoms with Crippen LogP contribution >= 0.6 is 0 Å². The summed E-state index contributed by atoms with van der Waals surface area (Å²) in [5.74, 6) is -1.07. The van der Waals surface area contributed by atoms with Crippen LogP contribution in [0.3, 0.4) is 0 Å². The van der Waals surface area contributed by atoms with Crippen molar-refractivity contribution in [3.8, 4) is 0 Å². The zero-order chi connectivity index (χ0) is 14.5. The van der Waals surface area contributed by atoms with Crippen molar-refractivity contribution in [3.05, 3.63) is 53.9 Å². The Labute approximate surface area is 117 Å². The predicted molar refractivity (Wildman–Crippen MR) is 74.9 cm³/mol. The second kappa shape index (κ2) is 6.32. The normalized spacial score (nSPS) is 12.2. The summed E-state index contributed by atoms with van der Waals surface area (Å²) in [7, 11) is 1.99. The number of hydrogen-bond donors (Lipinski definition) is 1. The van der Waals surface area contributed by atoms with Crippen molar-refractivity contribution < 1.29 is 9.18 Å². The van der Waals surface area contributed by atoms with Gasteiger partial charge in [0.1, 0.15) is 0 Å². The SMILES string of the molecule is CC(CCc1cccn1C)NC(=O)c1ncccc1F. The van der Waals surface area contributed by atoms with Crippen LogP contribution in [-0.4, -0.2) is 21.5 Å². The fraction of sp³-hybridized carbons (Fsp3) is 0.333. The van der Waals surface area contributed by atoms with Crippen LogP contribution in [0, 0.1) is 5.82 Å². The molecule has 4 nitrogen and oxygen atoms in total. The molecule has 1 unspecified atom stereocenters. The van der Waals surface area contributed by atoms with Crippen molar-refractivity contribution in [1.29, 1.82) is 0 Å². The maximum absolute atomic E-state index is 13.4. The lowest BCUT2D eigenvalue weighted by Gasteiger charge is -2.14. The number of amides is 1. The van der Waals surface area contributed by atoms with E-state index in [2.05, 4.69) is 10.3 Å². The maximum Gasteiger partial charge on any atom is 0.273 e. The van der Waals surface area contributed by atoms with Gasteiger partial charge in [0.25, 0.3) is 5.91 Å². The number of carbonyl (C=O) groups is 1. The number of pyridine rings is 1. The highest BCUT2D eigenvalue weighted by molar-refractivity contribution is 5.92. The van der Waals surface area contributed by atoms with Crippen molar-refractivity contribution in [2.45, 2.75) is 25.8 Å². The van der Waals surface area contributed by atoms with E-state index < -0.39 is 11.7 Å². The summed E-state index contributed by atoms with van der Waals surface area (Å²) in [6.45, 7) is 1.90. The average molecular weight is 275 g/mol. The number of nitrogens with one attached hydrogen (secondary N) is 1. The molecule has 0 bridgehead atoms. The van der Waals surface area contributed by atoms with Gasteiger partial charge in [-0.05, 0) is 44.0 Å². The summed E-state index contributed by atoms with van der Waals surface area (Å²) >= 11 is 0. The molecule has 2 heterocycles. The minimum Gasteiger partial charge on any atom is -0.354 e. The van der Waals surface area contributed by atoms with Crippen molar-refractivity contribution in [2.24, 2.45) is 7.05 Å². The van der Waals surface area contributed by atoms with Crippen LogP contribution in [0.2, 0.25) is 0 Å². The van der Waals surface area contributed by atoms with Gasteiger partial charge in [0, 0.05) is 31.2 Å². The van der Waals surface area contributed by atoms with Gasteiger partial charge < -0.3 is 9.88 Å². The third-order valence-electron chi connectivity index (χ3n) is 3.24. The second-order valence-electron chi connectivity index (χ2n) is 4.86. The Morgan fingerprint density at radius 3 is 2.90 bits per heavy atom. The molecule has 106 valence electrons. The molecule has 0 aromatic carbocycles. The monoisotopic (exact) mass is 275 g/mol. The number of aryl methyl sites for hydroxylation is 2. The fourth-order valence-electron chi connectivity index (χ4n) is 2.04. The van der Waals surface area contributed by atoms with Crippen LogP contribution in [0.4, 0.5) is 4.39 Å². The van der Waals surface area contributed by atoms with Crippen LogP contribution in [-0.2, 0) is 13.5 Å². The lowest BCUT2D eigenvalue weighted by atomic mass is 10.1. The molecule has 1 amide bonds. The zero-order valence-corrected chi connectivity index (χ0v) is 11.6. The first-order valence-corrected chi connectivity index (χ1v) is 6.59. The van der Waals surface area contributed by atoms with E-state index in [0.29, 0.717) is 0 Å². The smallest absolute Gasteiger partial charge is 0.273 e. The number of rotatable bonds is 5. The van der Waals surface area contributed by atoms with Gasteiger partial charge in [-0.25, -0.2) is 9.37 Å². The first kappa shape index (κ1) is 14.2. The maximum atomic E-state index is 13.4. The largest absolute Gasteiger partial charge is 0.354 e. The van der Waals surface area contributed by atoms with Gasteiger partial charge in [-0.3, -0.25) is 4.79 Å². The summed E-state index contributed by atoms with van der Waals surface area (Å²) in [5.41, 5.74) is 1.05. The molecule has 0 aliphatic carbocycles. The van der Waals surface area contributed by atoms with Gasteiger partial charge in [0.15, 0.2) is 11.5 Å². The highest BCUT2D eigenvalue weighted by atomic mass is 19.1. The Morgan fingerprint density at radius 2 is 2.25 bits per heavy atom. The molecule has 0 radical (unpaired) electrons.